The van der Waals surface area contributed by atoms with Gasteiger partial charge in [-0.1, -0.05) is 178 Å². The number of halogens is 12. The number of sulfone groups is 1. The monoisotopic (exact) mass is 2260 g/mol. The highest BCUT2D eigenvalue weighted by Gasteiger charge is 2.22. The number of fused-ring (bicyclic) bond motifs is 5. The molecule has 26 nitrogen and oxygen atoms in total. The zero-order chi connectivity index (χ0) is 94.0. The van der Waals surface area contributed by atoms with Crippen LogP contribution in [0.1, 0.15) is 11.1 Å². The fourth-order valence-electron chi connectivity index (χ4n) is 13.6. The van der Waals surface area contributed by atoms with Crippen LogP contribution in [0.3, 0.4) is 0 Å². The summed E-state index contributed by atoms with van der Waals surface area (Å²) in [7, 11) is 0.0429. The van der Waals surface area contributed by atoms with Crippen molar-refractivity contribution in [2.75, 3.05) is 47.1 Å². The van der Waals surface area contributed by atoms with Crippen molar-refractivity contribution in [2.24, 2.45) is 0 Å². The third-order valence-corrected chi connectivity index (χ3v) is 26.4. The molecule has 20 aromatic rings. The van der Waals surface area contributed by atoms with Gasteiger partial charge in [-0.05, 0) is 218 Å². The number of hydrogen-bond acceptors (Lipinski definition) is 21. The number of ether oxygens (including phenoxy) is 2. The summed E-state index contributed by atoms with van der Waals surface area (Å²) >= 11 is 61.3. The van der Waals surface area contributed by atoms with Gasteiger partial charge < -0.3 is 46.3 Å². The van der Waals surface area contributed by atoms with E-state index in [9.17, 15) is 18.6 Å². The summed E-state index contributed by atoms with van der Waals surface area (Å²) in [6, 6.07) is 80.0. The predicted molar refractivity (Wildman–Crippen MR) is 552 cm³/mol. The number of nitrogens with zero attached hydrogens (tertiary/aromatic N) is 15. The Kier molecular flexibility index (Phi) is 30.5. The van der Waals surface area contributed by atoms with Crippen molar-refractivity contribution in [2.45, 2.75) is 18.1 Å². The minimum Gasteiger partial charge on any atom is -0.497 e. The molecular weight excluding hydrogens is 2200 g/mol. The molecule has 0 aliphatic heterocycles. The lowest BCUT2D eigenvalue weighted by molar-refractivity contribution is 0.281. The van der Waals surface area contributed by atoms with Gasteiger partial charge in [0, 0.05) is 124 Å². The molecule has 20 rings (SSSR count). The summed E-state index contributed by atoms with van der Waals surface area (Å²) in [5.41, 5.74) is 16.7. The molecule has 0 saturated heterocycles. The van der Waals surface area contributed by atoms with Gasteiger partial charge in [0.15, 0.2) is 38.1 Å². The molecule has 134 heavy (non-hydrogen) atoms. The molecule has 0 atom stereocenters. The largest absolute Gasteiger partial charge is 0.497 e. The first-order valence-electron chi connectivity index (χ1n) is 39.9. The Morgan fingerprint density at radius 1 is 0.328 bits per heavy atom. The fourth-order valence-corrected chi connectivity index (χ4v) is 17.4. The highest BCUT2D eigenvalue weighted by atomic mass is 79.9. The highest BCUT2D eigenvalue weighted by Crippen LogP contribution is 2.40. The number of anilines is 10. The van der Waals surface area contributed by atoms with Gasteiger partial charge in [-0.15, -0.1) is 0 Å². The second-order valence-corrected chi connectivity index (χ2v) is 38.2. The van der Waals surface area contributed by atoms with Crippen LogP contribution in [0.4, 0.5) is 57.5 Å². The van der Waals surface area contributed by atoms with Crippen molar-refractivity contribution in [1.82, 2.24) is 73.0 Å². The van der Waals surface area contributed by atoms with Crippen LogP contribution >= 0.6 is 161 Å². The lowest BCUT2D eigenvalue weighted by Gasteiger charge is -2.13. The zero-order valence-electron chi connectivity index (χ0n) is 69.8. The Hall–Kier alpha value is -11.8. The molecule has 0 fully saturated rings. The molecule has 0 amide bonds. The van der Waals surface area contributed by atoms with Crippen LogP contribution in [0, 0.1) is 0 Å². The molecule has 0 radical (unpaired) electrons. The minimum atomic E-state index is -3.24. The predicted octanol–water partition coefficient (Wildman–Crippen LogP) is 27.5. The van der Waals surface area contributed by atoms with Crippen molar-refractivity contribution >= 4 is 256 Å². The molecule has 0 bridgehead atoms. The van der Waals surface area contributed by atoms with E-state index in [-0.39, 0.29) is 18.1 Å². The third kappa shape index (κ3) is 22.2. The molecule has 7 N–H and O–H groups in total. The van der Waals surface area contributed by atoms with Gasteiger partial charge in [0.05, 0.1) is 124 Å². The first-order chi connectivity index (χ1) is 64.7. The van der Waals surface area contributed by atoms with Crippen molar-refractivity contribution in [3.05, 3.63) is 360 Å². The normalized spacial score (nSPS) is 11.1. The molecule has 0 aliphatic rings. The summed E-state index contributed by atoms with van der Waals surface area (Å²) in [5.74, 6) is 5.20. The maximum atomic E-state index is 11.7. The summed E-state index contributed by atoms with van der Waals surface area (Å²) in [6.45, 7) is -0.170. The number of nitrogens with one attached hydrogen (secondary N) is 5. The number of rotatable bonds is 20. The maximum absolute atomic E-state index is 11.7. The average Bonchev–Trinajstić information content (AvgIpc) is 1.60. The Morgan fingerprint density at radius 3 is 1.09 bits per heavy atom. The second kappa shape index (κ2) is 42.8. The topological polar surface area (TPSA) is 304 Å². The molecule has 0 spiro atoms. The Morgan fingerprint density at radius 2 is 0.679 bits per heavy atom. The smallest absolute Gasteiger partial charge is 0.175 e. The molecule has 0 unspecified atom stereocenters. The van der Waals surface area contributed by atoms with Gasteiger partial charge >= 0.3 is 0 Å². The van der Waals surface area contributed by atoms with Crippen LogP contribution in [0.25, 0.3) is 84.5 Å². The standard InChI is InChI=1S/C19H12BrCl3N4O.C19H14BrClN4O2S.3C19H14BrClN4O/c20-13-8-24-27-17(25-11-4-5-14(21)10(6-11)9-28)7-16(26-19(13)27)12-2-1-3-15(22)18(12)23;1-28(26,27)15-7-5-14(6-8-15)23-18-10-17(12-3-2-4-13(21)9-12)24-19-16(20)11-22-25(18)19;1-26-13-6-4-5-12(9-13)23-18-10-17(14-7-2-3-8-16(14)21)24-19-15(20)11-22-25(18)19;1-26-13-8-6-12(7-9-13)23-18-10-17(14-4-2-3-5-16(14)21)24-19-15(20)11-22-25(18)19;20-15-10-22-25-18(23-13-5-3-4-12(8-13)11-26)9-17(24-19(15)25)14-6-1-2-7-16(14)21/h1-8,25,28H,9H2;2-11,23H,1H3;2*2-11,23H,1H3;1-10,23,26H,11H2. The Balaban J connectivity index is 0.000000122. The van der Waals surface area contributed by atoms with Crippen LogP contribution in [-0.2, 0) is 23.1 Å². The number of hydrogen-bond donors (Lipinski definition) is 7. The van der Waals surface area contributed by atoms with Crippen LogP contribution in [0.2, 0.25) is 35.2 Å². The van der Waals surface area contributed by atoms with E-state index in [1.54, 1.807) is 116 Å². The number of benzene rings is 10. The molecule has 10 aromatic carbocycles. The van der Waals surface area contributed by atoms with Crippen molar-refractivity contribution in [3.8, 4) is 67.8 Å². The molecule has 674 valence electrons. The zero-order valence-corrected chi connectivity index (χ0v) is 83.8. The van der Waals surface area contributed by atoms with Crippen LogP contribution in [0.5, 0.6) is 11.5 Å². The van der Waals surface area contributed by atoms with E-state index in [0.29, 0.717) is 91.9 Å². The number of aromatic nitrogens is 15. The summed E-state index contributed by atoms with van der Waals surface area (Å²) in [6.07, 6.45) is 9.65. The molecule has 0 aliphatic carbocycles. The van der Waals surface area contributed by atoms with Crippen molar-refractivity contribution in [3.63, 3.8) is 0 Å². The van der Waals surface area contributed by atoms with Gasteiger partial charge in [-0.2, -0.15) is 48.1 Å². The SMILES string of the molecule is COc1ccc(Nc2cc(-c3ccccc3Cl)nc3c(Br)cnn23)cc1.COc1cccc(Nc2cc(-c3ccccc3Cl)nc3c(Br)cnn23)c1.CS(=O)(=O)c1ccc(Nc2cc(-c3cccc(Cl)c3)nc3c(Br)cnn23)cc1.OCc1cc(Nc2cc(-c3cccc(Cl)c3Cl)nc3c(Br)cnn23)ccc1Cl.OCc1cccc(Nc2cc(-c3ccccc3Cl)nc3c(Br)cnn23)c1. The quantitative estimate of drug-likeness (QED) is 0.0373. The van der Waals surface area contributed by atoms with E-state index in [1.807, 2.05) is 212 Å². The molecule has 10 heterocycles. The first-order valence-corrected chi connectivity index (χ1v) is 48.4. The van der Waals surface area contributed by atoms with Gasteiger partial charge in [0.2, 0.25) is 0 Å². The van der Waals surface area contributed by atoms with Gasteiger partial charge in [-0.25, -0.2) is 33.3 Å². The van der Waals surface area contributed by atoms with Crippen molar-refractivity contribution in [1.29, 1.82) is 0 Å². The van der Waals surface area contributed by atoms with E-state index in [0.717, 1.165) is 130 Å². The molecule has 39 heteroatoms. The van der Waals surface area contributed by atoms with E-state index in [1.165, 1.54) is 6.26 Å². The summed E-state index contributed by atoms with van der Waals surface area (Å²) < 4.78 is 46.2. The second-order valence-electron chi connectivity index (χ2n) is 29.0. The Labute approximate surface area is 842 Å². The number of aliphatic hydroxyl groups is 2. The van der Waals surface area contributed by atoms with Gasteiger partial charge in [-0.3, -0.25) is 0 Å². The van der Waals surface area contributed by atoms with E-state index < -0.39 is 9.84 Å². The molecule has 0 saturated carbocycles. The average molecular weight is 2270 g/mol. The highest BCUT2D eigenvalue weighted by molar-refractivity contribution is 9.11. The number of aliphatic hydroxyl groups excluding tert-OH is 2. The number of methoxy groups -OCH3 is 2. The first kappa shape index (κ1) is 95.4. The van der Waals surface area contributed by atoms with Crippen LogP contribution < -0.4 is 36.1 Å². The van der Waals surface area contributed by atoms with Gasteiger partial charge in [0.1, 0.15) is 40.6 Å². The maximum Gasteiger partial charge on any atom is 0.175 e. The van der Waals surface area contributed by atoms with Crippen LogP contribution in [0.15, 0.2) is 319 Å². The van der Waals surface area contributed by atoms with Crippen LogP contribution in [-0.4, -0.2) is 112 Å². The minimum absolute atomic E-state index is 0.0144. The lowest BCUT2D eigenvalue weighted by Crippen LogP contribution is -2.03. The van der Waals surface area contributed by atoms with E-state index >= 15 is 0 Å². The third-order valence-electron chi connectivity index (χ3n) is 20.1. The molecule has 10 aromatic heterocycles. The van der Waals surface area contributed by atoms with Crippen molar-refractivity contribution < 1.29 is 28.1 Å². The van der Waals surface area contributed by atoms with E-state index in [2.05, 4.69) is 142 Å². The summed E-state index contributed by atoms with van der Waals surface area (Å²) in [5, 5.41) is 61.3. The van der Waals surface area contributed by atoms with E-state index in [4.69, 9.17) is 106 Å². The lowest BCUT2D eigenvalue weighted by atomic mass is 10.1. The Bertz CT molecular complexity index is 7700. The summed E-state index contributed by atoms with van der Waals surface area (Å²) in [4.78, 5) is 23.7. The van der Waals surface area contributed by atoms with Gasteiger partial charge in [0.25, 0.3) is 0 Å². The fraction of sp³-hybridized carbons (Fsp3) is 0.0526. The molecular formula is C95H68Br5Cl7N20O6S.